The largest absolute Gasteiger partial charge is 0.497 e. The number of sulfonamides is 1. The summed E-state index contributed by atoms with van der Waals surface area (Å²) in [5, 5.41) is 0. The Bertz CT molecular complexity index is 732. The predicted molar refractivity (Wildman–Crippen MR) is 74.6 cm³/mol. The van der Waals surface area contributed by atoms with Crippen LogP contribution in [0.4, 0.5) is 15.8 Å². The van der Waals surface area contributed by atoms with Gasteiger partial charge in [-0.15, -0.1) is 0 Å². The third-order valence-electron chi connectivity index (χ3n) is 2.63. The Morgan fingerprint density at radius 2 is 1.90 bits per heavy atom. The number of ether oxygens (including phenoxy) is 1. The monoisotopic (exact) mass is 296 g/mol. The van der Waals surface area contributed by atoms with Gasteiger partial charge in [-0.05, 0) is 24.3 Å². The molecule has 7 heteroatoms. The van der Waals surface area contributed by atoms with E-state index in [1.54, 1.807) is 6.07 Å². The van der Waals surface area contributed by atoms with Gasteiger partial charge in [0.25, 0.3) is 10.0 Å². The fourth-order valence-corrected chi connectivity index (χ4v) is 2.77. The summed E-state index contributed by atoms with van der Waals surface area (Å²) in [7, 11) is -2.61. The van der Waals surface area contributed by atoms with E-state index in [4.69, 9.17) is 10.5 Å². The smallest absolute Gasteiger partial charge is 0.264 e. The molecule has 0 spiro atoms. The van der Waals surface area contributed by atoms with Gasteiger partial charge in [0.2, 0.25) is 0 Å². The standard InChI is InChI=1S/C13H13FN2O3S/c1-19-9-6-7-11(15)12(8-9)16-20(17,18)13-5-3-2-4-10(13)14/h2-8,16H,15H2,1H3. The first-order chi connectivity index (χ1) is 9.44. The predicted octanol–water partition coefficient (Wildman–Crippen LogP) is 2.22. The highest BCUT2D eigenvalue weighted by atomic mass is 32.2. The number of benzene rings is 2. The lowest BCUT2D eigenvalue weighted by atomic mass is 10.2. The summed E-state index contributed by atoms with van der Waals surface area (Å²) in [4.78, 5) is -0.442. The molecule has 0 atom stereocenters. The number of nitrogens with two attached hydrogens (primary N) is 1. The Morgan fingerprint density at radius 1 is 1.20 bits per heavy atom. The van der Waals surface area contributed by atoms with Crippen LogP contribution in [0.15, 0.2) is 47.4 Å². The summed E-state index contributed by atoms with van der Waals surface area (Å²) < 4.78 is 45.0. The van der Waals surface area contributed by atoms with Gasteiger partial charge in [0.1, 0.15) is 16.5 Å². The van der Waals surface area contributed by atoms with Crippen LogP contribution in [0.25, 0.3) is 0 Å². The Labute approximate surface area is 116 Å². The molecule has 106 valence electrons. The number of nitrogens with one attached hydrogen (secondary N) is 1. The molecular formula is C13H13FN2O3S. The molecule has 0 unspecified atom stereocenters. The van der Waals surface area contributed by atoms with Crippen molar-refractivity contribution in [3.05, 3.63) is 48.3 Å². The van der Waals surface area contributed by atoms with Gasteiger partial charge >= 0.3 is 0 Å². The average molecular weight is 296 g/mol. The van der Waals surface area contributed by atoms with Crippen LogP contribution < -0.4 is 15.2 Å². The molecule has 0 aliphatic carbocycles. The Hall–Kier alpha value is -2.28. The maximum atomic E-state index is 13.6. The number of halogens is 1. The molecule has 0 saturated heterocycles. The highest BCUT2D eigenvalue weighted by Gasteiger charge is 2.19. The lowest BCUT2D eigenvalue weighted by Crippen LogP contribution is -2.15. The number of anilines is 2. The van der Waals surface area contributed by atoms with E-state index in [-0.39, 0.29) is 11.4 Å². The molecule has 20 heavy (non-hydrogen) atoms. The molecule has 0 amide bonds. The van der Waals surface area contributed by atoms with Crippen LogP contribution in [0.2, 0.25) is 0 Å². The number of hydrogen-bond acceptors (Lipinski definition) is 4. The van der Waals surface area contributed by atoms with Gasteiger partial charge in [-0.3, -0.25) is 4.72 Å². The van der Waals surface area contributed by atoms with E-state index >= 15 is 0 Å². The summed E-state index contributed by atoms with van der Waals surface area (Å²) in [6.45, 7) is 0. The zero-order chi connectivity index (χ0) is 14.8. The van der Waals surface area contributed by atoms with Gasteiger partial charge in [-0.1, -0.05) is 12.1 Å². The summed E-state index contributed by atoms with van der Waals surface area (Å²) in [6.07, 6.45) is 0. The first-order valence-electron chi connectivity index (χ1n) is 5.65. The Morgan fingerprint density at radius 3 is 2.55 bits per heavy atom. The Balaban J connectivity index is 2.41. The van der Waals surface area contributed by atoms with Crippen LogP contribution in [0.3, 0.4) is 0 Å². The normalized spacial score (nSPS) is 11.1. The van der Waals surface area contributed by atoms with E-state index in [1.165, 1.54) is 37.4 Å². The fraction of sp³-hybridized carbons (Fsp3) is 0.0769. The fourth-order valence-electron chi connectivity index (χ4n) is 1.61. The van der Waals surface area contributed by atoms with Crippen LogP contribution in [-0.2, 0) is 10.0 Å². The summed E-state index contributed by atoms with van der Waals surface area (Å²) >= 11 is 0. The van der Waals surface area contributed by atoms with Crippen molar-refractivity contribution < 1.29 is 17.5 Å². The van der Waals surface area contributed by atoms with E-state index in [2.05, 4.69) is 4.72 Å². The quantitative estimate of drug-likeness (QED) is 0.848. The van der Waals surface area contributed by atoms with E-state index < -0.39 is 20.7 Å². The van der Waals surface area contributed by atoms with Crippen LogP contribution in [0, 0.1) is 5.82 Å². The second-order valence-electron chi connectivity index (χ2n) is 3.99. The summed E-state index contributed by atoms with van der Waals surface area (Å²) in [5.74, 6) is -0.396. The lowest BCUT2D eigenvalue weighted by molar-refractivity contribution is 0.415. The minimum Gasteiger partial charge on any atom is -0.497 e. The van der Waals surface area contributed by atoms with Crippen molar-refractivity contribution in [2.75, 3.05) is 17.6 Å². The molecule has 0 aromatic heterocycles. The second-order valence-corrected chi connectivity index (χ2v) is 5.64. The van der Waals surface area contributed by atoms with Crippen LogP contribution in [0.1, 0.15) is 0 Å². The van der Waals surface area contributed by atoms with Crippen molar-refractivity contribution in [2.45, 2.75) is 4.90 Å². The van der Waals surface area contributed by atoms with Crippen LogP contribution in [-0.4, -0.2) is 15.5 Å². The average Bonchev–Trinajstić information content (AvgIpc) is 2.41. The van der Waals surface area contributed by atoms with Gasteiger partial charge in [0.15, 0.2) is 0 Å². The number of nitrogen functional groups attached to an aromatic ring is 1. The third kappa shape index (κ3) is 2.83. The van der Waals surface area contributed by atoms with Gasteiger partial charge in [-0.2, -0.15) is 0 Å². The molecule has 0 heterocycles. The Kier molecular flexibility index (Phi) is 3.80. The molecule has 5 nitrogen and oxygen atoms in total. The van der Waals surface area contributed by atoms with E-state index in [9.17, 15) is 12.8 Å². The molecule has 0 saturated carbocycles. The van der Waals surface area contributed by atoms with Crippen molar-refractivity contribution in [1.82, 2.24) is 0 Å². The number of rotatable bonds is 4. The van der Waals surface area contributed by atoms with Gasteiger partial charge in [0, 0.05) is 6.07 Å². The molecule has 2 aromatic carbocycles. The molecule has 2 rings (SSSR count). The van der Waals surface area contributed by atoms with Crippen molar-refractivity contribution in [2.24, 2.45) is 0 Å². The topological polar surface area (TPSA) is 81.4 Å². The third-order valence-corrected chi connectivity index (χ3v) is 4.03. The SMILES string of the molecule is COc1ccc(N)c(NS(=O)(=O)c2ccccc2F)c1. The van der Waals surface area contributed by atoms with E-state index in [0.717, 1.165) is 6.07 Å². The van der Waals surface area contributed by atoms with Crippen LogP contribution in [0.5, 0.6) is 5.75 Å². The first-order valence-corrected chi connectivity index (χ1v) is 7.13. The second kappa shape index (κ2) is 5.38. The maximum absolute atomic E-state index is 13.6. The summed E-state index contributed by atoms with van der Waals surface area (Å²) in [6, 6.07) is 9.61. The zero-order valence-corrected chi connectivity index (χ0v) is 11.4. The van der Waals surface area contributed by atoms with Crippen molar-refractivity contribution in [3.63, 3.8) is 0 Å². The molecule has 0 fully saturated rings. The minimum atomic E-state index is -4.05. The van der Waals surface area contributed by atoms with Crippen molar-refractivity contribution in [3.8, 4) is 5.75 Å². The van der Waals surface area contributed by atoms with Gasteiger partial charge in [0.05, 0.1) is 18.5 Å². The first kappa shape index (κ1) is 14.1. The number of hydrogen-bond donors (Lipinski definition) is 2. The number of methoxy groups -OCH3 is 1. The van der Waals surface area contributed by atoms with Crippen LogP contribution >= 0.6 is 0 Å². The molecule has 0 bridgehead atoms. The molecule has 3 N–H and O–H groups in total. The lowest BCUT2D eigenvalue weighted by Gasteiger charge is -2.12. The highest BCUT2D eigenvalue weighted by Crippen LogP contribution is 2.27. The molecule has 0 radical (unpaired) electrons. The maximum Gasteiger partial charge on any atom is 0.264 e. The van der Waals surface area contributed by atoms with Crippen molar-refractivity contribution >= 4 is 21.4 Å². The van der Waals surface area contributed by atoms with Gasteiger partial charge < -0.3 is 10.5 Å². The summed E-state index contributed by atoms with van der Waals surface area (Å²) in [5.41, 5.74) is 6.04. The zero-order valence-electron chi connectivity index (χ0n) is 10.6. The van der Waals surface area contributed by atoms with Gasteiger partial charge in [-0.25, -0.2) is 12.8 Å². The molecule has 0 aliphatic heterocycles. The minimum absolute atomic E-state index is 0.132. The highest BCUT2D eigenvalue weighted by molar-refractivity contribution is 7.92. The molecule has 0 aliphatic rings. The van der Waals surface area contributed by atoms with Crippen molar-refractivity contribution in [1.29, 1.82) is 0 Å². The molecule has 2 aromatic rings. The molecular weight excluding hydrogens is 283 g/mol. The van der Waals surface area contributed by atoms with E-state index in [0.29, 0.717) is 5.75 Å². The van der Waals surface area contributed by atoms with E-state index in [1.807, 2.05) is 0 Å².